The second-order valence-corrected chi connectivity index (χ2v) is 5.21. The van der Waals surface area contributed by atoms with E-state index in [1.807, 2.05) is 31.3 Å². The number of aryl methyl sites for hydroxylation is 1. The maximum atomic E-state index is 12.1. The van der Waals surface area contributed by atoms with E-state index in [4.69, 9.17) is 9.47 Å². The molecule has 6 nitrogen and oxygen atoms in total. The quantitative estimate of drug-likeness (QED) is 0.768. The first-order valence-electron chi connectivity index (χ1n) is 6.98. The molecule has 1 fully saturated rings. The normalized spacial score (nSPS) is 22.4. The minimum Gasteiger partial charge on any atom is -0.384 e. The summed E-state index contributed by atoms with van der Waals surface area (Å²) in [6, 6.07) is 0. The van der Waals surface area contributed by atoms with Crippen molar-refractivity contribution < 1.29 is 14.3 Å². The number of hydrogen-bond donors (Lipinski definition) is 0. The Labute approximate surface area is 119 Å². The van der Waals surface area contributed by atoms with Gasteiger partial charge >= 0.3 is 0 Å². The first-order valence-corrected chi connectivity index (χ1v) is 6.98. The van der Waals surface area contributed by atoms with Crippen LogP contribution in [0, 0.1) is 5.92 Å². The number of nitrogens with zero attached hydrogens (tertiary/aromatic N) is 3. The molecule has 0 radical (unpaired) electrons. The second kappa shape index (κ2) is 6.85. The fraction of sp³-hybridized carbons (Fsp3) is 0.714. The van der Waals surface area contributed by atoms with Crippen LogP contribution in [0.2, 0.25) is 0 Å². The van der Waals surface area contributed by atoms with Crippen LogP contribution in [0.3, 0.4) is 0 Å². The molecule has 1 aliphatic heterocycles. The van der Waals surface area contributed by atoms with Crippen molar-refractivity contribution >= 4 is 5.91 Å². The Kier molecular flexibility index (Phi) is 5.14. The fourth-order valence-corrected chi connectivity index (χ4v) is 2.75. The molecule has 1 saturated heterocycles. The van der Waals surface area contributed by atoms with E-state index in [-0.39, 0.29) is 18.4 Å². The Hall–Kier alpha value is -1.40. The number of methoxy groups -OCH3 is 1. The zero-order chi connectivity index (χ0) is 14.5. The van der Waals surface area contributed by atoms with Crippen molar-refractivity contribution in [1.82, 2.24) is 14.7 Å². The first-order chi connectivity index (χ1) is 9.65. The molecule has 0 unspecified atom stereocenters. The van der Waals surface area contributed by atoms with Crippen LogP contribution in [0.5, 0.6) is 0 Å². The van der Waals surface area contributed by atoms with E-state index in [0.29, 0.717) is 25.7 Å². The average molecular weight is 281 g/mol. The summed E-state index contributed by atoms with van der Waals surface area (Å²) in [6.07, 6.45) is 3.90. The van der Waals surface area contributed by atoms with Crippen LogP contribution < -0.4 is 0 Å². The van der Waals surface area contributed by atoms with Crippen LogP contribution in [-0.4, -0.2) is 60.6 Å². The molecule has 1 aliphatic rings. The molecule has 0 spiro atoms. The second-order valence-electron chi connectivity index (χ2n) is 5.21. The average Bonchev–Trinajstić information content (AvgIpc) is 3.03. The standard InChI is InChI=1S/C14H23N3O3/c1-4-20-10-14(18)17-7-12(9-19-3)13(8-17)11-5-15-16(2)6-11/h5-6,12-13H,4,7-10H2,1-3H3/t12-,13-/m0/s1. The Bertz CT molecular complexity index is 447. The van der Waals surface area contributed by atoms with Crippen molar-refractivity contribution in [3.63, 3.8) is 0 Å². The first kappa shape index (κ1) is 15.0. The monoisotopic (exact) mass is 281 g/mol. The van der Waals surface area contributed by atoms with Gasteiger partial charge < -0.3 is 14.4 Å². The van der Waals surface area contributed by atoms with Crippen LogP contribution in [0.15, 0.2) is 12.4 Å². The molecule has 1 aromatic heterocycles. The number of rotatable bonds is 6. The highest BCUT2D eigenvalue weighted by Crippen LogP contribution is 2.32. The van der Waals surface area contributed by atoms with Gasteiger partial charge in [0.1, 0.15) is 6.61 Å². The van der Waals surface area contributed by atoms with Gasteiger partial charge in [0.2, 0.25) is 5.91 Å². The van der Waals surface area contributed by atoms with Crippen molar-refractivity contribution in [2.45, 2.75) is 12.8 Å². The third kappa shape index (κ3) is 3.37. The highest BCUT2D eigenvalue weighted by Gasteiger charge is 2.36. The maximum Gasteiger partial charge on any atom is 0.248 e. The van der Waals surface area contributed by atoms with Crippen LogP contribution in [-0.2, 0) is 21.3 Å². The van der Waals surface area contributed by atoms with E-state index >= 15 is 0 Å². The molecular formula is C14H23N3O3. The van der Waals surface area contributed by atoms with Crippen molar-refractivity contribution in [3.05, 3.63) is 18.0 Å². The van der Waals surface area contributed by atoms with Crippen molar-refractivity contribution in [3.8, 4) is 0 Å². The number of amides is 1. The lowest BCUT2D eigenvalue weighted by Gasteiger charge is -2.15. The van der Waals surface area contributed by atoms with Crippen molar-refractivity contribution in [1.29, 1.82) is 0 Å². The van der Waals surface area contributed by atoms with Gasteiger partial charge in [0.05, 0.1) is 12.8 Å². The highest BCUT2D eigenvalue weighted by molar-refractivity contribution is 5.78. The molecule has 2 heterocycles. The van der Waals surface area contributed by atoms with Gasteiger partial charge in [-0.05, 0) is 12.5 Å². The summed E-state index contributed by atoms with van der Waals surface area (Å²) in [6.45, 7) is 4.70. The molecule has 2 atom stereocenters. The molecule has 0 bridgehead atoms. The van der Waals surface area contributed by atoms with Crippen LogP contribution in [0.25, 0.3) is 0 Å². The minimum atomic E-state index is 0.0549. The SMILES string of the molecule is CCOCC(=O)N1C[C@@H](COC)[C@H](c2cnn(C)c2)C1. The third-order valence-electron chi connectivity index (χ3n) is 3.76. The zero-order valence-corrected chi connectivity index (χ0v) is 12.4. The fourth-order valence-electron chi connectivity index (χ4n) is 2.75. The van der Waals surface area contributed by atoms with Gasteiger partial charge in [0.15, 0.2) is 0 Å². The molecule has 0 N–H and O–H groups in total. The molecule has 0 aliphatic carbocycles. The van der Waals surface area contributed by atoms with Gasteiger partial charge in [0, 0.05) is 51.9 Å². The van der Waals surface area contributed by atoms with Gasteiger partial charge in [-0.15, -0.1) is 0 Å². The van der Waals surface area contributed by atoms with Crippen LogP contribution in [0.4, 0.5) is 0 Å². The van der Waals surface area contributed by atoms with Crippen LogP contribution in [0.1, 0.15) is 18.4 Å². The number of hydrogen-bond acceptors (Lipinski definition) is 4. The van der Waals surface area contributed by atoms with E-state index < -0.39 is 0 Å². The molecule has 112 valence electrons. The molecule has 20 heavy (non-hydrogen) atoms. The lowest BCUT2D eigenvalue weighted by Crippen LogP contribution is -2.32. The number of aromatic nitrogens is 2. The summed E-state index contributed by atoms with van der Waals surface area (Å²) in [5.74, 6) is 0.656. The maximum absolute atomic E-state index is 12.1. The third-order valence-corrected chi connectivity index (χ3v) is 3.76. The predicted octanol–water partition coefficient (Wildman–Crippen LogP) is 0.645. The summed E-state index contributed by atoms with van der Waals surface area (Å²) in [4.78, 5) is 13.9. The minimum absolute atomic E-state index is 0.0549. The largest absolute Gasteiger partial charge is 0.384 e. The van der Waals surface area contributed by atoms with E-state index in [0.717, 1.165) is 6.54 Å². The highest BCUT2D eigenvalue weighted by atomic mass is 16.5. The van der Waals surface area contributed by atoms with Gasteiger partial charge in [-0.1, -0.05) is 0 Å². The van der Waals surface area contributed by atoms with E-state index in [1.54, 1.807) is 11.8 Å². The van der Waals surface area contributed by atoms with Crippen molar-refractivity contribution in [2.24, 2.45) is 13.0 Å². The lowest BCUT2D eigenvalue weighted by molar-refractivity contribution is -0.135. The van der Waals surface area contributed by atoms with E-state index in [1.165, 1.54) is 5.56 Å². The molecule has 0 aromatic carbocycles. The predicted molar refractivity (Wildman–Crippen MR) is 74.4 cm³/mol. The number of carbonyl (C=O) groups excluding carboxylic acids is 1. The van der Waals surface area contributed by atoms with E-state index in [2.05, 4.69) is 5.10 Å². The van der Waals surface area contributed by atoms with Crippen molar-refractivity contribution in [2.75, 3.05) is 40.0 Å². The number of likely N-dealkylation sites (tertiary alicyclic amines) is 1. The van der Waals surface area contributed by atoms with Gasteiger partial charge in [-0.3, -0.25) is 9.48 Å². The van der Waals surface area contributed by atoms with Gasteiger partial charge in [-0.25, -0.2) is 0 Å². The summed E-state index contributed by atoms with van der Waals surface area (Å²) in [5, 5.41) is 4.22. The van der Waals surface area contributed by atoms with E-state index in [9.17, 15) is 4.79 Å². The molecule has 2 rings (SSSR count). The Morgan fingerprint density at radius 3 is 2.90 bits per heavy atom. The molecule has 0 saturated carbocycles. The summed E-state index contributed by atoms with van der Waals surface area (Å²) < 4.78 is 12.3. The Balaban J connectivity index is 2.05. The van der Waals surface area contributed by atoms with Crippen LogP contribution >= 0.6 is 0 Å². The molecule has 1 aromatic rings. The lowest BCUT2D eigenvalue weighted by atomic mass is 9.92. The topological polar surface area (TPSA) is 56.6 Å². The number of ether oxygens (including phenoxy) is 2. The Morgan fingerprint density at radius 2 is 2.30 bits per heavy atom. The molecule has 1 amide bonds. The Morgan fingerprint density at radius 1 is 1.50 bits per heavy atom. The summed E-state index contributed by atoms with van der Waals surface area (Å²) in [7, 11) is 3.60. The summed E-state index contributed by atoms with van der Waals surface area (Å²) >= 11 is 0. The molecule has 6 heteroatoms. The zero-order valence-electron chi connectivity index (χ0n) is 12.4. The number of carbonyl (C=O) groups is 1. The summed E-state index contributed by atoms with van der Waals surface area (Å²) in [5.41, 5.74) is 1.17. The molecular weight excluding hydrogens is 258 g/mol. The van der Waals surface area contributed by atoms with Gasteiger partial charge in [0.25, 0.3) is 0 Å². The smallest absolute Gasteiger partial charge is 0.248 e. The van der Waals surface area contributed by atoms with Gasteiger partial charge in [-0.2, -0.15) is 5.10 Å².